The Morgan fingerprint density at radius 3 is 2.40 bits per heavy atom. The zero-order valence-electron chi connectivity index (χ0n) is 25.0. The van der Waals surface area contributed by atoms with Crippen LogP contribution in [0.3, 0.4) is 0 Å². The zero-order chi connectivity index (χ0) is 34.5. The largest absolute Gasteiger partial charge is 0.480 e. The van der Waals surface area contributed by atoms with Crippen molar-refractivity contribution in [3.63, 3.8) is 0 Å². The third kappa shape index (κ3) is 7.39. The molecule has 1 saturated heterocycles. The smallest absolute Gasteiger partial charge is 0.416 e. The van der Waals surface area contributed by atoms with E-state index in [9.17, 15) is 45.8 Å². The Balaban J connectivity index is 1.54. The lowest BCUT2D eigenvalue weighted by molar-refractivity contribution is -0.144. The van der Waals surface area contributed by atoms with Crippen LogP contribution >= 0.6 is 11.8 Å². The molecule has 3 aromatic rings. The van der Waals surface area contributed by atoms with Gasteiger partial charge in [-0.1, -0.05) is 12.1 Å². The SMILES string of the molecule is CC(C)(C)OC(=O)N1CCN(C2=NC(=O)C(=C(Cc3ccc(C(F)(F)F)cc3C(F)(F)F)c3ccc4[nH]ncc4c3)S2)C(C(=O)O)C1. The second-order valence-corrected chi connectivity index (χ2v) is 12.8. The minimum atomic E-state index is -5.15. The lowest BCUT2D eigenvalue weighted by atomic mass is 9.92. The molecular weight excluding hydrogens is 656 g/mol. The van der Waals surface area contributed by atoms with Crippen molar-refractivity contribution in [1.29, 1.82) is 0 Å². The van der Waals surface area contributed by atoms with Gasteiger partial charge in [-0.25, -0.2) is 9.59 Å². The number of aromatic amines is 1. The molecule has 1 fully saturated rings. The molecule has 0 bridgehead atoms. The number of piperazine rings is 1. The van der Waals surface area contributed by atoms with Gasteiger partial charge in [0, 0.05) is 18.5 Å². The van der Waals surface area contributed by atoms with Crippen LogP contribution in [0.15, 0.2) is 52.5 Å². The number of ether oxygens (including phenoxy) is 1. The van der Waals surface area contributed by atoms with Crippen molar-refractivity contribution >= 4 is 51.4 Å². The molecular formula is C30H27F6N5O5S. The average molecular weight is 684 g/mol. The number of thioether (sulfide) groups is 1. The highest BCUT2D eigenvalue weighted by Gasteiger charge is 2.42. The van der Waals surface area contributed by atoms with E-state index in [1.807, 2.05) is 0 Å². The predicted octanol–water partition coefficient (Wildman–Crippen LogP) is 6.19. The number of benzene rings is 2. The highest BCUT2D eigenvalue weighted by molar-refractivity contribution is 8.18. The van der Waals surface area contributed by atoms with Crippen molar-refractivity contribution in [1.82, 2.24) is 20.0 Å². The number of carboxylic acids is 1. The first kappa shape index (κ1) is 33.8. The van der Waals surface area contributed by atoms with Gasteiger partial charge in [-0.2, -0.15) is 36.4 Å². The number of carboxylic acid groups (broad SMARTS) is 1. The highest BCUT2D eigenvalue weighted by Crippen LogP contribution is 2.42. The van der Waals surface area contributed by atoms with Gasteiger partial charge in [0.2, 0.25) is 0 Å². The summed E-state index contributed by atoms with van der Waals surface area (Å²) in [7, 11) is 0. The fraction of sp³-hybridized carbons (Fsp3) is 0.367. The number of amidine groups is 1. The van der Waals surface area contributed by atoms with Gasteiger partial charge in [0.25, 0.3) is 5.91 Å². The monoisotopic (exact) mass is 683 g/mol. The van der Waals surface area contributed by atoms with Crippen LogP contribution in [0.1, 0.15) is 43.0 Å². The van der Waals surface area contributed by atoms with E-state index >= 15 is 0 Å². The van der Waals surface area contributed by atoms with Crippen molar-refractivity contribution < 1.29 is 50.6 Å². The molecule has 3 heterocycles. The van der Waals surface area contributed by atoms with Gasteiger partial charge >= 0.3 is 24.4 Å². The number of hydrogen-bond donors (Lipinski definition) is 2. The molecule has 1 aromatic heterocycles. The molecule has 2 aromatic carbocycles. The summed E-state index contributed by atoms with van der Waals surface area (Å²) in [5.41, 5.74) is -3.45. The Morgan fingerprint density at radius 2 is 1.77 bits per heavy atom. The Morgan fingerprint density at radius 1 is 1.04 bits per heavy atom. The molecule has 1 atom stereocenters. The van der Waals surface area contributed by atoms with Crippen molar-refractivity contribution in [2.45, 2.75) is 51.2 Å². The highest BCUT2D eigenvalue weighted by atomic mass is 32.2. The van der Waals surface area contributed by atoms with Crippen molar-refractivity contribution in [3.05, 3.63) is 69.8 Å². The van der Waals surface area contributed by atoms with Gasteiger partial charge in [-0.05, 0) is 79.9 Å². The number of aromatic nitrogens is 2. The zero-order valence-corrected chi connectivity index (χ0v) is 25.8. The van der Waals surface area contributed by atoms with E-state index < -0.39 is 65.1 Å². The minimum Gasteiger partial charge on any atom is -0.480 e. The maximum absolute atomic E-state index is 14.1. The summed E-state index contributed by atoms with van der Waals surface area (Å²) in [6, 6.07) is 4.62. The number of H-pyrrole nitrogens is 1. The number of carbonyl (C=O) groups excluding carboxylic acids is 2. The van der Waals surface area contributed by atoms with Crippen LogP contribution in [0.4, 0.5) is 31.1 Å². The van der Waals surface area contributed by atoms with Gasteiger partial charge < -0.3 is 19.6 Å². The Labute approximate surface area is 267 Å². The molecule has 1 unspecified atom stereocenters. The maximum Gasteiger partial charge on any atom is 0.416 e. The van der Waals surface area contributed by atoms with E-state index in [0.717, 1.165) is 17.8 Å². The summed E-state index contributed by atoms with van der Waals surface area (Å²) in [4.78, 5) is 44.8. The van der Waals surface area contributed by atoms with Crippen LogP contribution < -0.4 is 0 Å². The summed E-state index contributed by atoms with van der Waals surface area (Å²) >= 11 is 0.740. The number of hydrogen-bond acceptors (Lipinski definition) is 7. The molecule has 2 aliphatic heterocycles. The van der Waals surface area contributed by atoms with E-state index in [1.54, 1.807) is 32.9 Å². The van der Waals surface area contributed by atoms with E-state index in [4.69, 9.17) is 4.74 Å². The van der Waals surface area contributed by atoms with Gasteiger partial charge in [0.05, 0.1) is 34.3 Å². The van der Waals surface area contributed by atoms with E-state index in [2.05, 4.69) is 15.2 Å². The molecule has 17 heteroatoms. The van der Waals surface area contributed by atoms with Crippen LogP contribution in [0, 0.1) is 0 Å². The number of aliphatic carboxylic acids is 1. The normalized spacial score (nSPS) is 18.9. The van der Waals surface area contributed by atoms with Crippen LogP contribution in [0.5, 0.6) is 0 Å². The third-order valence-corrected chi connectivity index (χ3v) is 8.45. The van der Waals surface area contributed by atoms with Gasteiger partial charge in [0.1, 0.15) is 11.6 Å². The first-order valence-corrected chi connectivity index (χ1v) is 14.9. The first-order valence-electron chi connectivity index (χ1n) is 14.0. The third-order valence-electron chi connectivity index (χ3n) is 7.32. The summed E-state index contributed by atoms with van der Waals surface area (Å²) in [5, 5.41) is 17.2. The number of nitrogens with one attached hydrogen (secondary N) is 1. The van der Waals surface area contributed by atoms with Crippen molar-refractivity contribution in [2.24, 2.45) is 4.99 Å². The number of amides is 2. The lowest BCUT2D eigenvalue weighted by Crippen LogP contribution is -2.59. The molecule has 10 nitrogen and oxygen atoms in total. The number of alkyl halides is 6. The van der Waals surface area contributed by atoms with Gasteiger partial charge in [0.15, 0.2) is 5.17 Å². The summed E-state index contributed by atoms with van der Waals surface area (Å²) < 4.78 is 87.7. The van der Waals surface area contributed by atoms with E-state index in [0.29, 0.717) is 17.0 Å². The van der Waals surface area contributed by atoms with E-state index in [-0.39, 0.29) is 46.9 Å². The molecule has 47 heavy (non-hydrogen) atoms. The number of carbonyl (C=O) groups is 3. The van der Waals surface area contributed by atoms with Crippen LogP contribution in [0.2, 0.25) is 0 Å². The molecule has 2 N–H and O–H groups in total. The molecule has 0 radical (unpaired) electrons. The summed E-state index contributed by atoms with van der Waals surface area (Å²) in [6.45, 7) is 4.63. The number of halogens is 6. The number of allylic oxidation sites excluding steroid dienone is 1. The topological polar surface area (TPSA) is 128 Å². The number of nitrogens with zero attached hydrogens (tertiary/aromatic N) is 4. The van der Waals surface area contributed by atoms with Crippen molar-refractivity contribution in [3.8, 4) is 0 Å². The summed E-state index contributed by atoms with van der Waals surface area (Å²) in [6.07, 6.45) is -10.1. The van der Waals surface area contributed by atoms with Gasteiger partial charge in [-0.3, -0.25) is 9.89 Å². The average Bonchev–Trinajstić information content (AvgIpc) is 3.59. The van der Waals surface area contributed by atoms with E-state index in [1.165, 1.54) is 22.1 Å². The first-order chi connectivity index (χ1) is 21.8. The molecule has 0 spiro atoms. The second-order valence-electron chi connectivity index (χ2n) is 11.8. The van der Waals surface area contributed by atoms with Crippen molar-refractivity contribution in [2.75, 3.05) is 19.6 Å². The fourth-order valence-corrected chi connectivity index (χ4v) is 6.22. The van der Waals surface area contributed by atoms with Gasteiger partial charge in [-0.15, -0.1) is 0 Å². The molecule has 250 valence electrons. The number of aliphatic imine (C=N–C) groups is 1. The standard InChI is InChI=1S/C30H27F6N5O5S/c1-28(2,3)46-27(45)40-8-9-41(22(14-40)25(43)44)26-38-24(42)23(47-26)19(15-5-7-21-17(10-15)13-37-39-21)11-16-4-6-18(29(31,32)33)12-20(16)30(34,35)36/h4-7,10,12-13,22H,8-9,11,14H2,1-3H3,(H,37,39)(H,43,44). The lowest BCUT2D eigenvalue weighted by Gasteiger charge is -2.40. The molecule has 5 rings (SSSR count). The Kier molecular flexibility index (Phi) is 8.81. The van der Waals surface area contributed by atoms with Crippen LogP contribution in [0.25, 0.3) is 16.5 Å². The molecule has 2 aliphatic rings. The fourth-order valence-electron chi connectivity index (χ4n) is 5.13. The van der Waals surface area contributed by atoms with Crippen LogP contribution in [-0.2, 0) is 33.1 Å². The molecule has 0 aliphatic carbocycles. The molecule has 0 saturated carbocycles. The number of fused-ring (bicyclic) bond motifs is 1. The summed E-state index contributed by atoms with van der Waals surface area (Å²) in [5.74, 6) is -2.19. The Bertz CT molecular complexity index is 1810. The predicted molar refractivity (Wildman–Crippen MR) is 159 cm³/mol. The minimum absolute atomic E-state index is 0.0238. The number of rotatable bonds is 4. The quantitative estimate of drug-likeness (QED) is 0.246. The van der Waals surface area contributed by atoms with Crippen LogP contribution in [-0.4, -0.2) is 79.5 Å². The second kappa shape index (κ2) is 12.2. The maximum atomic E-state index is 14.1. The Hall–Kier alpha value is -4.54. The molecule has 2 amide bonds.